The Morgan fingerprint density at radius 1 is 0.808 bits per heavy atom. The average molecular weight is 338 g/mol. The second-order valence-electron chi connectivity index (χ2n) is 7.05. The van der Waals surface area contributed by atoms with Gasteiger partial charge < -0.3 is 4.42 Å². The van der Waals surface area contributed by atoms with Crippen LogP contribution in [0.5, 0.6) is 0 Å². The van der Waals surface area contributed by atoms with E-state index in [4.69, 9.17) is 4.42 Å². The lowest BCUT2D eigenvalue weighted by molar-refractivity contribution is -0.660. The van der Waals surface area contributed by atoms with Crippen LogP contribution in [0.15, 0.2) is 71.3 Å². The molecule has 0 aliphatic heterocycles. The molecule has 0 aliphatic rings. The molecule has 2 aromatic heterocycles. The minimum Gasteiger partial charge on any atom is -0.455 e. The molecule has 0 atom stereocenters. The second kappa shape index (κ2) is 5.43. The van der Waals surface area contributed by atoms with Crippen LogP contribution < -0.4 is 4.57 Å². The lowest BCUT2D eigenvalue weighted by Gasteiger charge is -2.08. The van der Waals surface area contributed by atoms with E-state index in [2.05, 4.69) is 92.3 Å². The number of aromatic nitrogens is 1. The number of pyridine rings is 1. The minimum absolute atomic E-state index is 0.951. The lowest BCUT2D eigenvalue weighted by Crippen LogP contribution is -2.30. The SMILES string of the molecule is Cc1cc(C)c2c(oc3ccc4ccccc4c32)c1-c1cccc[n+]1C. The smallest absolute Gasteiger partial charge is 0.216 e. The van der Waals surface area contributed by atoms with Gasteiger partial charge >= 0.3 is 0 Å². The molecule has 0 radical (unpaired) electrons. The third-order valence-electron chi connectivity index (χ3n) is 5.34. The monoisotopic (exact) mass is 338 g/mol. The fourth-order valence-corrected chi connectivity index (χ4v) is 4.17. The van der Waals surface area contributed by atoms with Crippen LogP contribution in [0.1, 0.15) is 11.1 Å². The van der Waals surface area contributed by atoms with Crippen molar-refractivity contribution >= 4 is 32.7 Å². The van der Waals surface area contributed by atoms with Crippen molar-refractivity contribution in [3.8, 4) is 11.3 Å². The molecule has 0 aliphatic carbocycles. The highest BCUT2D eigenvalue weighted by Crippen LogP contribution is 2.41. The molecule has 0 unspecified atom stereocenters. The molecule has 126 valence electrons. The predicted molar refractivity (Wildman–Crippen MR) is 107 cm³/mol. The maximum Gasteiger partial charge on any atom is 0.216 e. The first-order valence-electron chi connectivity index (χ1n) is 8.94. The summed E-state index contributed by atoms with van der Waals surface area (Å²) in [5, 5.41) is 4.94. The third-order valence-corrected chi connectivity index (χ3v) is 5.34. The van der Waals surface area contributed by atoms with Crippen LogP contribution in [-0.2, 0) is 7.05 Å². The molecule has 0 bridgehead atoms. The Balaban J connectivity index is 2.03. The lowest BCUT2D eigenvalue weighted by atomic mass is 9.95. The van der Waals surface area contributed by atoms with Crippen LogP contribution >= 0.6 is 0 Å². The molecule has 2 heterocycles. The summed E-state index contributed by atoms with van der Waals surface area (Å²) in [6.07, 6.45) is 2.08. The number of benzene rings is 3. The summed E-state index contributed by atoms with van der Waals surface area (Å²) in [4.78, 5) is 0. The fourth-order valence-electron chi connectivity index (χ4n) is 4.17. The molecule has 0 saturated carbocycles. The van der Waals surface area contributed by atoms with Crippen molar-refractivity contribution in [3.05, 3.63) is 78.0 Å². The van der Waals surface area contributed by atoms with E-state index in [-0.39, 0.29) is 0 Å². The van der Waals surface area contributed by atoms with E-state index in [0.29, 0.717) is 0 Å². The van der Waals surface area contributed by atoms with Gasteiger partial charge in [-0.15, -0.1) is 0 Å². The molecule has 5 aromatic rings. The number of rotatable bonds is 1. The van der Waals surface area contributed by atoms with Gasteiger partial charge in [-0.2, -0.15) is 0 Å². The Kier molecular flexibility index (Phi) is 3.17. The van der Waals surface area contributed by atoms with Gasteiger partial charge in [-0.3, -0.25) is 0 Å². The molecule has 2 heteroatoms. The molecule has 2 nitrogen and oxygen atoms in total. The van der Waals surface area contributed by atoms with Crippen molar-refractivity contribution in [1.29, 1.82) is 0 Å². The highest BCUT2D eigenvalue weighted by atomic mass is 16.3. The Labute approximate surface area is 152 Å². The van der Waals surface area contributed by atoms with Crippen molar-refractivity contribution in [2.45, 2.75) is 13.8 Å². The number of hydrogen-bond acceptors (Lipinski definition) is 1. The number of hydrogen-bond donors (Lipinski definition) is 0. The zero-order chi connectivity index (χ0) is 17.8. The van der Waals surface area contributed by atoms with Gasteiger partial charge in [0.1, 0.15) is 18.2 Å². The first kappa shape index (κ1) is 15.2. The quantitative estimate of drug-likeness (QED) is 0.351. The van der Waals surface area contributed by atoms with E-state index in [9.17, 15) is 0 Å². The highest BCUT2D eigenvalue weighted by Gasteiger charge is 2.22. The van der Waals surface area contributed by atoms with E-state index in [0.717, 1.165) is 11.2 Å². The third kappa shape index (κ3) is 2.02. The Bertz CT molecular complexity index is 1310. The van der Waals surface area contributed by atoms with Crippen LogP contribution in [0, 0.1) is 13.8 Å². The molecule has 3 aromatic carbocycles. The molecule has 0 fully saturated rings. The maximum absolute atomic E-state index is 6.45. The van der Waals surface area contributed by atoms with Crippen molar-refractivity contribution in [1.82, 2.24) is 0 Å². The summed E-state index contributed by atoms with van der Waals surface area (Å²) in [5.74, 6) is 0. The molecule has 26 heavy (non-hydrogen) atoms. The first-order valence-corrected chi connectivity index (χ1v) is 8.94. The fraction of sp³-hybridized carbons (Fsp3) is 0.125. The van der Waals surface area contributed by atoms with Gasteiger partial charge in [-0.1, -0.05) is 36.4 Å². The minimum atomic E-state index is 0.951. The number of furan rings is 1. The van der Waals surface area contributed by atoms with E-state index in [1.54, 1.807) is 0 Å². The number of aryl methyl sites for hydroxylation is 3. The van der Waals surface area contributed by atoms with Crippen molar-refractivity contribution in [2.24, 2.45) is 7.05 Å². The summed E-state index contributed by atoms with van der Waals surface area (Å²) in [6.45, 7) is 4.35. The number of nitrogens with zero attached hydrogens (tertiary/aromatic N) is 1. The molecular formula is C24H20NO+. The van der Waals surface area contributed by atoms with Crippen molar-refractivity contribution in [3.63, 3.8) is 0 Å². The summed E-state index contributed by atoms with van der Waals surface area (Å²) < 4.78 is 8.60. The average Bonchev–Trinajstić information content (AvgIpc) is 3.03. The molecule has 0 N–H and O–H groups in total. The van der Waals surface area contributed by atoms with Crippen molar-refractivity contribution in [2.75, 3.05) is 0 Å². The van der Waals surface area contributed by atoms with Crippen LogP contribution in [0.25, 0.3) is 44.0 Å². The summed E-state index contributed by atoms with van der Waals surface area (Å²) in [7, 11) is 2.08. The van der Waals surface area contributed by atoms with Gasteiger partial charge in [0.2, 0.25) is 5.69 Å². The molecule has 0 spiro atoms. The maximum atomic E-state index is 6.45. The van der Waals surface area contributed by atoms with Gasteiger partial charge in [0.15, 0.2) is 6.20 Å². The van der Waals surface area contributed by atoms with Crippen LogP contribution in [0.4, 0.5) is 0 Å². The standard InChI is InChI=1S/C24H20NO/c1-15-14-16(2)22-23-18-9-5-4-8-17(18)11-12-20(23)26-24(22)21(15)19-10-6-7-13-25(19)3/h4-14H,1-3H3/q+1. The number of fused-ring (bicyclic) bond motifs is 5. The van der Waals surface area contributed by atoms with Gasteiger partial charge in [0.25, 0.3) is 0 Å². The van der Waals surface area contributed by atoms with Crippen molar-refractivity contribution < 1.29 is 8.98 Å². The largest absolute Gasteiger partial charge is 0.455 e. The van der Waals surface area contributed by atoms with Gasteiger partial charge in [0.05, 0.1) is 5.56 Å². The van der Waals surface area contributed by atoms with Gasteiger partial charge in [0, 0.05) is 22.9 Å². The molecular weight excluding hydrogens is 318 g/mol. The molecule has 5 rings (SSSR count). The predicted octanol–water partition coefficient (Wildman–Crippen LogP) is 5.85. The molecule has 0 amide bonds. The van der Waals surface area contributed by atoms with E-state index < -0.39 is 0 Å². The topological polar surface area (TPSA) is 17.0 Å². The van der Waals surface area contributed by atoms with E-state index in [1.165, 1.54) is 43.9 Å². The zero-order valence-corrected chi connectivity index (χ0v) is 15.2. The highest BCUT2D eigenvalue weighted by molar-refractivity contribution is 6.21. The Morgan fingerprint density at radius 2 is 1.62 bits per heavy atom. The van der Waals surface area contributed by atoms with Gasteiger partial charge in [-0.05, 0) is 47.9 Å². The summed E-state index contributed by atoms with van der Waals surface area (Å²) in [5.41, 5.74) is 6.77. The zero-order valence-electron chi connectivity index (χ0n) is 15.2. The van der Waals surface area contributed by atoms with Crippen LogP contribution in [-0.4, -0.2) is 0 Å². The van der Waals surface area contributed by atoms with Gasteiger partial charge in [-0.25, -0.2) is 4.57 Å². The Morgan fingerprint density at radius 3 is 2.46 bits per heavy atom. The summed E-state index contributed by atoms with van der Waals surface area (Å²) >= 11 is 0. The second-order valence-corrected chi connectivity index (χ2v) is 7.05. The van der Waals surface area contributed by atoms with Crippen LogP contribution in [0.3, 0.4) is 0 Å². The Hall–Kier alpha value is -3.13. The summed E-state index contributed by atoms with van der Waals surface area (Å²) in [6, 6.07) is 21.3. The molecule has 0 saturated heterocycles. The van der Waals surface area contributed by atoms with Crippen LogP contribution in [0.2, 0.25) is 0 Å². The first-order chi connectivity index (χ1) is 12.6. The van der Waals surface area contributed by atoms with E-state index in [1.807, 2.05) is 0 Å². The normalized spacial score (nSPS) is 11.7. The van der Waals surface area contributed by atoms with E-state index >= 15 is 0 Å².